The number of carbonyl (C=O) groups is 1. The molecule has 1 aliphatic heterocycles. The van der Waals surface area contributed by atoms with Crippen molar-refractivity contribution >= 4 is 17.3 Å². The SMILES string of the molecule is O=C(O)c1cccc(Cc2nc3c(s2)CNCC3)c1. The largest absolute Gasteiger partial charge is 0.478 e. The van der Waals surface area contributed by atoms with Crippen LogP contribution < -0.4 is 5.32 Å². The molecule has 0 bridgehead atoms. The Morgan fingerprint density at radius 3 is 3.16 bits per heavy atom. The topological polar surface area (TPSA) is 62.2 Å². The quantitative estimate of drug-likeness (QED) is 0.899. The molecule has 0 atom stereocenters. The third-order valence-corrected chi connectivity index (χ3v) is 4.27. The van der Waals surface area contributed by atoms with Crippen LogP contribution >= 0.6 is 11.3 Å². The number of fused-ring (bicyclic) bond motifs is 1. The summed E-state index contributed by atoms with van der Waals surface area (Å²) in [6.07, 6.45) is 1.69. The number of carboxylic acid groups (broad SMARTS) is 1. The van der Waals surface area contributed by atoms with Gasteiger partial charge in [-0.15, -0.1) is 11.3 Å². The molecule has 2 aromatic rings. The fourth-order valence-electron chi connectivity index (χ4n) is 2.24. The maximum absolute atomic E-state index is 10.9. The van der Waals surface area contributed by atoms with Crippen molar-refractivity contribution in [2.75, 3.05) is 6.54 Å². The molecule has 5 heteroatoms. The molecule has 1 aliphatic rings. The number of hydrogen-bond acceptors (Lipinski definition) is 4. The van der Waals surface area contributed by atoms with Gasteiger partial charge in [0.2, 0.25) is 0 Å². The van der Waals surface area contributed by atoms with Crippen LogP contribution in [0.5, 0.6) is 0 Å². The summed E-state index contributed by atoms with van der Waals surface area (Å²) in [5.74, 6) is -0.885. The second-order valence-corrected chi connectivity index (χ2v) is 5.75. The highest BCUT2D eigenvalue weighted by atomic mass is 32.1. The molecule has 0 saturated heterocycles. The molecule has 0 aliphatic carbocycles. The van der Waals surface area contributed by atoms with Crippen LogP contribution in [0.1, 0.15) is 31.5 Å². The van der Waals surface area contributed by atoms with E-state index in [0.29, 0.717) is 12.0 Å². The lowest BCUT2D eigenvalue weighted by atomic mass is 10.1. The van der Waals surface area contributed by atoms with Crippen molar-refractivity contribution in [3.8, 4) is 0 Å². The Kier molecular flexibility index (Phi) is 3.31. The monoisotopic (exact) mass is 274 g/mol. The van der Waals surface area contributed by atoms with Crippen molar-refractivity contribution in [2.45, 2.75) is 19.4 Å². The Morgan fingerprint density at radius 1 is 1.47 bits per heavy atom. The third-order valence-electron chi connectivity index (χ3n) is 3.18. The number of hydrogen-bond donors (Lipinski definition) is 2. The first-order chi connectivity index (χ1) is 9.22. The summed E-state index contributed by atoms with van der Waals surface area (Å²) >= 11 is 1.72. The summed E-state index contributed by atoms with van der Waals surface area (Å²) in [4.78, 5) is 16.9. The van der Waals surface area contributed by atoms with E-state index >= 15 is 0 Å². The molecule has 0 radical (unpaired) electrons. The zero-order valence-electron chi connectivity index (χ0n) is 10.3. The first-order valence-corrected chi connectivity index (χ1v) is 7.04. The Bertz CT molecular complexity index is 598. The van der Waals surface area contributed by atoms with Gasteiger partial charge >= 0.3 is 5.97 Å². The number of aromatic nitrogens is 1. The first kappa shape index (κ1) is 12.3. The van der Waals surface area contributed by atoms with Crippen LogP contribution in [0.25, 0.3) is 0 Å². The second-order valence-electron chi connectivity index (χ2n) is 4.59. The average Bonchev–Trinajstić information content (AvgIpc) is 2.81. The van der Waals surface area contributed by atoms with Crippen LogP contribution in [0.2, 0.25) is 0 Å². The molecule has 98 valence electrons. The van der Waals surface area contributed by atoms with Gasteiger partial charge in [0.25, 0.3) is 0 Å². The summed E-state index contributed by atoms with van der Waals surface area (Å²) < 4.78 is 0. The lowest BCUT2D eigenvalue weighted by Gasteiger charge is -2.09. The molecule has 0 saturated carbocycles. The van der Waals surface area contributed by atoms with Gasteiger partial charge in [-0.1, -0.05) is 12.1 Å². The van der Waals surface area contributed by atoms with Crippen LogP contribution in [0.3, 0.4) is 0 Å². The highest BCUT2D eigenvalue weighted by Crippen LogP contribution is 2.23. The van der Waals surface area contributed by atoms with Crippen LogP contribution in [0.15, 0.2) is 24.3 Å². The van der Waals surface area contributed by atoms with Gasteiger partial charge in [0.15, 0.2) is 0 Å². The van der Waals surface area contributed by atoms with Crippen LogP contribution in [-0.4, -0.2) is 22.6 Å². The minimum atomic E-state index is -0.885. The molecular weight excluding hydrogens is 260 g/mol. The van der Waals surface area contributed by atoms with Gasteiger partial charge in [0, 0.05) is 30.8 Å². The van der Waals surface area contributed by atoms with E-state index in [2.05, 4.69) is 10.3 Å². The standard InChI is InChI=1S/C14H14N2O2S/c17-14(18)10-3-1-2-9(6-10)7-13-16-11-4-5-15-8-12(11)19-13/h1-3,6,15H,4-5,7-8H2,(H,17,18). The molecule has 1 aromatic heterocycles. The van der Waals surface area contributed by atoms with Crippen molar-refractivity contribution < 1.29 is 9.90 Å². The van der Waals surface area contributed by atoms with Crippen LogP contribution in [-0.2, 0) is 19.4 Å². The van der Waals surface area contributed by atoms with Gasteiger partial charge in [-0.05, 0) is 17.7 Å². The summed E-state index contributed by atoms with van der Waals surface area (Å²) in [6, 6.07) is 7.07. The molecule has 0 unspecified atom stereocenters. The van der Waals surface area contributed by atoms with Crippen LogP contribution in [0.4, 0.5) is 0 Å². The number of nitrogens with zero attached hydrogens (tertiary/aromatic N) is 1. The van der Waals surface area contributed by atoms with E-state index < -0.39 is 5.97 Å². The van der Waals surface area contributed by atoms with E-state index in [9.17, 15) is 4.79 Å². The third kappa shape index (κ3) is 2.67. The van der Waals surface area contributed by atoms with E-state index in [1.165, 1.54) is 10.6 Å². The molecule has 0 fully saturated rings. The number of thiazole rings is 1. The Hall–Kier alpha value is -1.72. The van der Waals surface area contributed by atoms with Crippen molar-refractivity contribution in [3.63, 3.8) is 0 Å². The first-order valence-electron chi connectivity index (χ1n) is 6.23. The summed E-state index contributed by atoms with van der Waals surface area (Å²) in [7, 11) is 0. The van der Waals surface area contributed by atoms with Crippen molar-refractivity contribution in [3.05, 3.63) is 51.0 Å². The van der Waals surface area contributed by atoms with Gasteiger partial charge < -0.3 is 10.4 Å². The molecule has 3 rings (SSSR count). The molecule has 4 nitrogen and oxygen atoms in total. The van der Waals surface area contributed by atoms with Crippen molar-refractivity contribution in [1.29, 1.82) is 0 Å². The zero-order valence-corrected chi connectivity index (χ0v) is 11.2. The molecule has 1 aromatic carbocycles. The van der Waals surface area contributed by atoms with Gasteiger partial charge in [-0.3, -0.25) is 0 Å². The normalized spacial score (nSPS) is 14.1. The fourth-order valence-corrected chi connectivity index (χ4v) is 3.36. The van der Waals surface area contributed by atoms with Crippen molar-refractivity contribution in [2.24, 2.45) is 0 Å². The van der Waals surface area contributed by atoms with Crippen LogP contribution in [0, 0.1) is 0 Å². The highest BCUT2D eigenvalue weighted by molar-refractivity contribution is 7.11. The van der Waals surface area contributed by atoms with Gasteiger partial charge in [0.1, 0.15) is 0 Å². The Morgan fingerprint density at radius 2 is 2.37 bits per heavy atom. The smallest absolute Gasteiger partial charge is 0.335 e. The van der Waals surface area contributed by atoms with E-state index in [-0.39, 0.29) is 0 Å². The van der Waals surface area contributed by atoms with E-state index in [1.807, 2.05) is 6.07 Å². The Balaban J connectivity index is 1.83. The molecule has 0 amide bonds. The highest BCUT2D eigenvalue weighted by Gasteiger charge is 2.15. The van der Waals surface area contributed by atoms with Gasteiger partial charge in [-0.25, -0.2) is 9.78 Å². The summed E-state index contributed by atoms with van der Waals surface area (Å²) in [5, 5.41) is 13.4. The molecule has 19 heavy (non-hydrogen) atoms. The van der Waals surface area contributed by atoms with E-state index in [4.69, 9.17) is 5.11 Å². The maximum Gasteiger partial charge on any atom is 0.335 e. The molecule has 2 heterocycles. The number of nitrogens with one attached hydrogen (secondary N) is 1. The lowest BCUT2D eigenvalue weighted by Crippen LogP contribution is -2.22. The average molecular weight is 274 g/mol. The number of benzene rings is 1. The summed E-state index contributed by atoms with van der Waals surface area (Å²) in [5.41, 5.74) is 2.53. The fraction of sp³-hybridized carbons (Fsp3) is 0.286. The summed E-state index contributed by atoms with van der Waals surface area (Å²) in [6.45, 7) is 1.90. The van der Waals surface area contributed by atoms with E-state index in [0.717, 1.165) is 30.1 Å². The van der Waals surface area contributed by atoms with Gasteiger partial charge in [0.05, 0.1) is 16.3 Å². The minimum Gasteiger partial charge on any atom is -0.478 e. The molecule has 0 spiro atoms. The Labute approximate surface area is 115 Å². The van der Waals surface area contributed by atoms with E-state index in [1.54, 1.807) is 29.5 Å². The number of carboxylic acids is 1. The zero-order chi connectivity index (χ0) is 13.2. The lowest BCUT2D eigenvalue weighted by molar-refractivity contribution is 0.0697. The predicted octanol–water partition coefficient (Wildman–Crippen LogP) is 2.08. The van der Waals surface area contributed by atoms with Gasteiger partial charge in [-0.2, -0.15) is 0 Å². The molecule has 2 N–H and O–H groups in total. The second kappa shape index (κ2) is 5.11. The molecular formula is C14H14N2O2S. The van der Waals surface area contributed by atoms with Crippen molar-refractivity contribution in [1.82, 2.24) is 10.3 Å². The minimum absolute atomic E-state index is 0.334. The number of rotatable bonds is 3. The number of aromatic carboxylic acids is 1. The maximum atomic E-state index is 10.9. The predicted molar refractivity (Wildman–Crippen MR) is 73.7 cm³/mol.